The lowest BCUT2D eigenvalue weighted by molar-refractivity contribution is -0.119. The number of ether oxygens (including phenoxy) is 3. The first-order chi connectivity index (χ1) is 22.4. The van der Waals surface area contributed by atoms with E-state index in [0.717, 1.165) is 41.7 Å². The second-order valence-electron chi connectivity index (χ2n) is 11.3. The first-order valence-electron chi connectivity index (χ1n) is 15.3. The van der Waals surface area contributed by atoms with Gasteiger partial charge in [0.2, 0.25) is 17.7 Å². The Labute approximate surface area is 278 Å². The number of methoxy groups -OCH3 is 2. The Balaban J connectivity index is 1.23. The molecule has 4 heterocycles. The highest BCUT2D eigenvalue weighted by atomic mass is 35.5. The average Bonchev–Trinajstić information content (AvgIpc) is 3.76. The summed E-state index contributed by atoms with van der Waals surface area (Å²) in [5, 5.41) is 10.8. The topological polar surface area (TPSA) is 120 Å². The smallest absolute Gasteiger partial charge is 0.237 e. The van der Waals surface area contributed by atoms with Crippen molar-refractivity contribution in [2.75, 3.05) is 34.0 Å². The molecule has 1 unspecified atom stereocenters. The van der Waals surface area contributed by atoms with Crippen LogP contribution in [0.15, 0.2) is 54.7 Å². The van der Waals surface area contributed by atoms with E-state index in [1.807, 2.05) is 48.5 Å². The second kappa shape index (κ2) is 14.7. The van der Waals surface area contributed by atoms with Crippen molar-refractivity contribution in [2.45, 2.75) is 44.4 Å². The van der Waals surface area contributed by atoms with Gasteiger partial charge in [0.1, 0.15) is 5.69 Å². The van der Waals surface area contributed by atoms with Crippen molar-refractivity contribution >= 4 is 29.1 Å². The SMILES string of the molecule is COc1nc(-c2cccc(-c3cccc(-c4cnc(CNC[C@@H]5CCC(=O)N5)c(OC)n4)c3Cl)c2Cl)ccc1CNC1CCOC1. The number of aromatic nitrogens is 3. The summed E-state index contributed by atoms with van der Waals surface area (Å²) >= 11 is 14.1. The fraction of sp³-hybridized carbons (Fsp3) is 0.353. The van der Waals surface area contributed by atoms with Crippen LogP contribution in [0.3, 0.4) is 0 Å². The number of pyridine rings is 1. The summed E-state index contributed by atoms with van der Waals surface area (Å²) in [4.78, 5) is 25.6. The number of rotatable bonds is 12. The van der Waals surface area contributed by atoms with Gasteiger partial charge >= 0.3 is 0 Å². The lowest BCUT2D eigenvalue weighted by Crippen LogP contribution is -2.35. The molecule has 12 heteroatoms. The van der Waals surface area contributed by atoms with Crippen LogP contribution >= 0.6 is 23.2 Å². The number of halogens is 2. The van der Waals surface area contributed by atoms with E-state index in [2.05, 4.69) is 20.9 Å². The number of hydrogen-bond acceptors (Lipinski definition) is 9. The standard InChI is InChI=1S/C34H36Cl2N6O4/c1-44-33-20(15-38-22-13-14-46-19-22)9-11-27(41-33)25-7-3-5-23(31(25)35)24-6-4-8-26(32(24)36)28-18-39-29(34(42-28)45-2)17-37-16-21-10-12-30(43)40-21/h3-9,11,18,21-22,37-38H,10,12-17,19H2,1-2H3,(H,40,43)/t21-,22?/m0/s1. The number of benzene rings is 2. The van der Waals surface area contributed by atoms with Crippen molar-refractivity contribution in [1.82, 2.24) is 30.9 Å². The van der Waals surface area contributed by atoms with Crippen LogP contribution in [0.1, 0.15) is 30.5 Å². The number of carbonyl (C=O) groups excluding carboxylic acids is 1. The van der Waals surface area contributed by atoms with Crippen LogP contribution in [-0.2, 0) is 22.6 Å². The summed E-state index contributed by atoms with van der Waals surface area (Å²) in [6.45, 7) is 3.22. The van der Waals surface area contributed by atoms with E-state index in [1.54, 1.807) is 20.4 Å². The van der Waals surface area contributed by atoms with E-state index in [0.29, 0.717) is 83.2 Å². The van der Waals surface area contributed by atoms with Gasteiger partial charge in [-0.05, 0) is 18.9 Å². The van der Waals surface area contributed by atoms with Crippen molar-refractivity contribution < 1.29 is 19.0 Å². The van der Waals surface area contributed by atoms with Crippen molar-refractivity contribution in [2.24, 2.45) is 0 Å². The van der Waals surface area contributed by atoms with Crippen LogP contribution in [0.25, 0.3) is 33.6 Å². The van der Waals surface area contributed by atoms with E-state index >= 15 is 0 Å². The number of hydrogen-bond donors (Lipinski definition) is 3. The quantitative estimate of drug-likeness (QED) is 0.182. The normalized spacial score (nSPS) is 17.7. The Morgan fingerprint density at radius 3 is 2.24 bits per heavy atom. The van der Waals surface area contributed by atoms with E-state index in [9.17, 15) is 4.79 Å². The molecule has 2 aromatic carbocycles. The van der Waals surface area contributed by atoms with Gasteiger partial charge in [0, 0.05) is 72.6 Å². The Bertz CT molecular complexity index is 1720. The summed E-state index contributed by atoms with van der Waals surface area (Å²) < 4.78 is 16.7. The molecule has 2 atom stereocenters. The van der Waals surface area contributed by atoms with E-state index < -0.39 is 0 Å². The highest BCUT2D eigenvalue weighted by Crippen LogP contribution is 2.42. The molecule has 2 fully saturated rings. The fourth-order valence-electron chi connectivity index (χ4n) is 5.76. The lowest BCUT2D eigenvalue weighted by Gasteiger charge is -2.16. The molecule has 1 amide bonds. The highest BCUT2D eigenvalue weighted by Gasteiger charge is 2.22. The van der Waals surface area contributed by atoms with Crippen LogP contribution in [0.4, 0.5) is 0 Å². The molecule has 2 aliphatic heterocycles. The van der Waals surface area contributed by atoms with E-state index in [4.69, 9.17) is 47.4 Å². The van der Waals surface area contributed by atoms with Gasteiger partial charge in [0.05, 0.1) is 48.5 Å². The predicted molar refractivity (Wildman–Crippen MR) is 178 cm³/mol. The number of nitrogens with one attached hydrogen (secondary N) is 3. The fourth-order valence-corrected chi connectivity index (χ4v) is 6.41. The minimum atomic E-state index is 0.0884. The van der Waals surface area contributed by atoms with Gasteiger partial charge in [-0.15, -0.1) is 0 Å². The third-order valence-electron chi connectivity index (χ3n) is 8.26. The van der Waals surface area contributed by atoms with Crippen molar-refractivity contribution in [1.29, 1.82) is 0 Å². The minimum Gasteiger partial charge on any atom is -0.481 e. The number of nitrogens with zero attached hydrogens (tertiary/aromatic N) is 3. The van der Waals surface area contributed by atoms with Crippen LogP contribution in [0.2, 0.25) is 10.0 Å². The van der Waals surface area contributed by atoms with Crippen LogP contribution in [0.5, 0.6) is 11.8 Å². The van der Waals surface area contributed by atoms with Gasteiger partial charge < -0.3 is 30.2 Å². The molecule has 2 aliphatic rings. The van der Waals surface area contributed by atoms with E-state index in [-0.39, 0.29) is 11.9 Å². The lowest BCUT2D eigenvalue weighted by atomic mass is 9.98. The predicted octanol–water partition coefficient (Wildman–Crippen LogP) is 5.44. The summed E-state index contributed by atoms with van der Waals surface area (Å²) in [5.41, 5.74) is 5.86. The minimum absolute atomic E-state index is 0.0884. The third kappa shape index (κ3) is 7.11. The zero-order chi connectivity index (χ0) is 32.0. The van der Waals surface area contributed by atoms with Crippen LogP contribution in [-0.4, -0.2) is 66.9 Å². The molecule has 240 valence electrons. The Kier molecular flexibility index (Phi) is 10.3. The van der Waals surface area contributed by atoms with Crippen LogP contribution < -0.4 is 25.4 Å². The Hall–Kier alpha value is -3.80. The second-order valence-corrected chi connectivity index (χ2v) is 12.0. The first kappa shape index (κ1) is 32.2. The van der Waals surface area contributed by atoms with Gasteiger partial charge in [-0.3, -0.25) is 9.78 Å². The van der Waals surface area contributed by atoms with Gasteiger partial charge in [0.15, 0.2) is 0 Å². The monoisotopic (exact) mass is 662 g/mol. The Morgan fingerprint density at radius 1 is 0.891 bits per heavy atom. The zero-order valence-corrected chi connectivity index (χ0v) is 27.3. The molecule has 0 spiro atoms. The highest BCUT2D eigenvalue weighted by molar-refractivity contribution is 6.39. The molecule has 6 rings (SSSR count). The average molecular weight is 664 g/mol. The molecule has 3 N–H and O–H groups in total. The largest absolute Gasteiger partial charge is 0.481 e. The molecular weight excluding hydrogens is 627 g/mol. The van der Waals surface area contributed by atoms with E-state index in [1.165, 1.54) is 0 Å². The molecule has 10 nitrogen and oxygen atoms in total. The van der Waals surface area contributed by atoms with Crippen molar-refractivity contribution in [3.05, 3.63) is 76.0 Å². The third-order valence-corrected chi connectivity index (χ3v) is 9.07. The molecule has 0 aliphatic carbocycles. The maximum absolute atomic E-state index is 11.5. The Morgan fingerprint density at radius 2 is 1.59 bits per heavy atom. The van der Waals surface area contributed by atoms with Gasteiger partial charge in [-0.2, -0.15) is 0 Å². The molecule has 0 saturated carbocycles. The molecule has 2 aromatic heterocycles. The van der Waals surface area contributed by atoms with Gasteiger partial charge in [-0.1, -0.05) is 65.7 Å². The molecule has 46 heavy (non-hydrogen) atoms. The van der Waals surface area contributed by atoms with Crippen molar-refractivity contribution in [3.63, 3.8) is 0 Å². The summed E-state index contributed by atoms with van der Waals surface area (Å²) in [6.07, 6.45) is 4.06. The number of amides is 1. The van der Waals surface area contributed by atoms with Crippen LogP contribution in [0, 0.1) is 0 Å². The van der Waals surface area contributed by atoms with Crippen molar-refractivity contribution in [3.8, 4) is 45.4 Å². The molecule has 4 aromatic rings. The summed E-state index contributed by atoms with van der Waals surface area (Å²) in [5.74, 6) is 1.03. The molecule has 2 saturated heterocycles. The summed E-state index contributed by atoms with van der Waals surface area (Å²) in [6, 6.07) is 16.0. The molecule has 0 bridgehead atoms. The maximum atomic E-state index is 11.5. The number of carbonyl (C=O) groups is 1. The maximum Gasteiger partial charge on any atom is 0.237 e. The first-order valence-corrected chi connectivity index (χ1v) is 16.0. The molecule has 0 radical (unpaired) electrons. The molecular formula is C34H36Cl2N6O4. The zero-order valence-electron chi connectivity index (χ0n) is 25.7. The van der Waals surface area contributed by atoms with Gasteiger partial charge in [0.25, 0.3) is 0 Å². The summed E-state index contributed by atoms with van der Waals surface area (Å²) in [7, 11) is 3.18. The van der Waals surface area contributed by atoms with Gasteiger partial charge in [-0.25, -0.2) is 9.97 Å².